The summed E-state index contributed by atoms with van der Waals surface area (Å²) in [6, 6.07) is 0. The number of carbonyl (C=O) groups excluding carboxylic acids is 1. The third-order valence-electron chi connectivity index (χ3n) is 8.43. The Morgan fingerprint density at radius 2 is 1.08 bits per heavy atom. The number of ether oxygens (including phenoxy) is 2. The maximum absolute atomic E-state index is 12.5. The number of hydrogen-bond donors (Lipinski definition) is 2. The lowest BCUT2D eigenvalue weighted by Gasteiger charge is -2.20. The molecule has 0 spiro atoms. The van der Waals surface area contributed by atoms with Crippen molar-refractivity contribution in [1.82, 2.24) is 0 Å². The Bertz CT molecular complexity index is 979. The van der Waals surface area contributed by atoms with Crippen LogP contribution in [-0.4, -0.2) is 49.9 Å². The minimum absolute atomic E-state index is 0.0848. The van der Waals surface area contributed by atoms with Gasteiger partial charge in [-0.2, -0.15) is 0 Å². The standard InChI is InChI=1S/C43H78NO7P/c1-3-5-7-9-11-13-15-17-18-19-20-21-22-23-25-27-29-31-33-35-38-48-40-42(41-50-52(46,47)49-39-37-44)51-43(45)36-34-32-30-28-26-24-16-14-12-10-8-6-4-2/h6,8,12,14,17-18,24,26,30,32,42H,3-5,7,9-11,13,15-16,19-23,25,27-29,31,33-41,44H2,1-2H3,(H,46,47)/b8-6-,14-12-,18-17-,26-24-,32-30-. The predicted octanol–water partition coefficient (Wildman–Crippen LogP) is 12.2. The monoisotopic (exact) mass is 752 g/mol. The van der Waals surface area contributed by atoms with Gasteiger partial charge in [0.1, 0.15) is 6.10 Å². The van der Waals surface area contributed by atoms with Gasteiger partial charge in [-0.3, -0.25) is 13.8 Å². The summed E-state index contributed by atoms with van der Waals surface area (Å²) in [6.45, 7) is 4.69. The Morgan fingerprint density at radius 1 is 0.596 bits per heavy atom. The van der Waals surface area contributed by atoms with Gasteiger partial charge < -0.3 is 20.1 Å². The van der Waals surface area contributed by atoms with Gasteiger partial charge in [0.15, 0.2) is 0 Å². The lowest BCUT2D eigenvalue weighted by molar-refractivity contribution is -0.154. The average molecular weight is 752 g/mol. The first-order valence-corrected chi connectivity index (χ1v) is 22.3. The van der Waals surface area contributed by atoms with E-state index in [1.54, 1.807) is 0 Å². The van der Waals surface area contributed by atoms with Crippen molar-refractivity contribution in [3.05, 3.63) is 60.8 Å². The first-order chi connectivity index (χ1) is 25.4. The second-order valence-corrected chi connectivity index (χ2v) is 14.9. The number of esters is 1. The first kappa shape index (κ1) is 50.2. The van der Waals surface area contributed by atoms with E-state index in [0.29, 0.717) is 13.0 Å². The van der Waals surface area contributed by atoms with E-state index in [0.717, 1.165) is 38.5 Å². The molecule has 0 bridgehead atoms. The van der Waals surface area contributed by atoms with Gasteiger partial charge >= 0.3 is 13.8 Å². The van der Waals surface area contributed by atoms with Crippen LogP contribution in [0, 0.1) is 0 Å². The van der Waals surface area contributed by atoms with Gasteiger partial charge in [0.25, 0.3) is 0 Å². The molecule has 0 heterocycles. The zero-order valence-corrected chi connectivity index (χ0v) is 34.2. The Morgan fingerprint density at radius 3 is 1.62 bits per heavy atom. The molecule has 302 valence electrons. The van der Waals surface area contributed by atoms with Crippen molar-refractivity contribution in [2.24, 2.45) is 5.73 Å². The molecule has 0 aliphatic rings. The molecule has 0 fully saturated rings. The maximum atomic E-state index is 12.5. The van der Waals surface area contributed by atoms with Crippen LogP contribution in [-0.2, 0) is 27.9 Å². The highest BCUT2D eigenvalue weighted by Crippen LogP contribution is 2.43. The molecular formula is C43H78NO7P. The third kappa shape index (κ3) is 39.4. The SMILES string of the molecule is CC/C=C\C/C=C\C/C=C\C/C=C\CCC(=O)OC(COCCCCCCCCCCCC/C=C\CCCCCCCC)COP(=O)(O)OCCN. The zero-order chi connectivity index (χ0) is 38.1. The second kappa shape index (κ2) is 40.4. The Labute approximate surface area is 319 Å². The molecule has 0 amide bonds. The van der Waals surface area contributed by atoms with Crippen LogP contribution in [0.3, 0.4) is 0 Å². The second-order valence-electron chi connectivity index (χ2n) is 13.5. The van der Waals surface area contributed by atoms with Crippen LogP contribution in [0.15, 0.2) is 60.8 Å². The number of nitrogens with two attached hydrogens (primary N) is 1. The quantitative estimate of drug-likeness (QED) is 0.0276. The molecule has 0 saturated carbocycles. The molecule has 0 rings (SSSR count). The number of unbranched alkanes of at least 4 members (excludes halogenated alkanes) is 16. The largest absolute Gasteiger partial charge is 0.472 e. The lowest BCUT2D eigenvalue weighted by Crippen LogP contribution is -2.28. The van der Waals surface area contributed by atoms with Crippen LogP contribution >= 0.6 is 7.82 Å². The van der Waals surface area contributed by atoms with Crippen molar-refractivity contribution >= 4 is 13.8 Å². The van der Waals surface area contributed by atoms with Gasteiger partial charge in [-0.25, -0.2) is 4.57 Å². The molecule has 0 aliphatic heterocycles. The van der Waals surface area contributed by atoms with Crippen molar-refractivity contribution in [2.75, 3.05) is 33.0 Å². The summed E-state index contributed by atoms with van der Waals surface area (Å²) in [5, 5.41) is 0. The number of carbonyl (C=O) groups is 1. The highest BCUT2D eigenvalue weighted by Gasteiger charge is 2.25. The molecule has 0 aromatic carbocycles. The van der Waals surface area contributed by atoms with Crippen LogP contribution in [0.4, 0.5) is 0 Å². The molecule has 0 saturated heterocycles. The minimum Gasteiger partial charge on any atom is -0.457 e. The highest BCUT2D eigenvalue weighted by atomic mass is 31.2. The number of allylic oxidation sites excluding steroid dienone is 10. The van der Waals surface area contributed by atoms with Gasteiger partial charge in [0.05, 0.1) is 19.8 Å². The molecular weight excluding hydrogens is 673 g/mol. The number of rotatable bonds is 39. The lowest BCUT2D eigenvalue weighted by atomic mass is 10.1. The van der Waals surface area contributed by atoms with Gasteiger partial charge in [-0.1, -0.05) is 158 Å². The molecule has 0 aliphatic carbocycles. The van der Waals surface area contributed by atoms with Gasteiger partial charge in [-0.15, -0.1) is 0 Å². The third-order valence-corrected chi connectivity index (χ3v) is 9.42. The maximum Gasteiger partial charge on any atom is 0.472 e. The molecule has 8 nitrogen and oxygen atoms in total. The highest BCUT2D eigenvalue weighted by molar-refractivity contribution is 7.47. The molecule has 9 heteroatoms. The van der Waals surface area contributed by atoms with E-state index in [4.69, 9.17) is 24.3 Å². The van der Waals surface area contributed by atoms with E-state index in [9.17, 15) is 14.3 Å². The number of phosphoric ester groups is 1. The molecule has 52 heavy (non-hydrogen) atoms. The fourth-order valence-corrected chi connectivity index (χ4v) is 6.18. The Hall–Kier alpha value is -1.80. The summed E-state index contributed by atoms with van der Waals surface area (Å²) in [6.07, 6.45) is 48.3. The average Bonchev–Trinajstić information content (AvgIpc) is 3.13. The van der Waals surface area contributed by atoms with E-state index in [1.807, 2.05) is 12.2 Å². The van der Waals surface area contributed by atoms with E-state index in [1.165, 1.54) is 103 Å². The van der Waals surface area contributed by atoms with E-state index in [-0.39, 0.29) is 32.8 Å². The van der Waals surface area contributed by atoms with Crippen LogP contribution in [0.25, 0.3) is 0 Å². The van der Waals surface area contributed by atoms with E-state index in [2.05, 4.69) is 62.5 Å². The van der Waals surface area contributed by atoms with Crippen LogP contribution in [0.5, 0.6) is 0 Å². The number of hydrogen-bond acceptors (Lipinski definition) is 7. The Balaban J connectivity index is 4.08. The zero-order valence-electron chi connectivity index (χ0n) is 33.3. The van der Waals surface area contributed by atoms with E-state index < -0.39 is 19.9 Å². The fourth-order valence-electron chi connectivity index (χ4n) is 5.42. The van der Waals surface area contributed by atoms with Crippen molar-refractivity contribution in [1.29, 1.82) is 0 Å². The number of phosphoric acid groups is 1. The first-order valence-electron chi connectivity index (χ1n) is 20.8. The normalized spacial score (nSPS) is 14.2. The van der Waals surface area contributed by atoms with Crippen LogP contribution in [0.2, 0.25) is 0 Å². The summed E-state index contributed by atoms with van der Waals surface area (Å²) < 4.78 is 33.3. The summed E-state index contributed by atoms with van der Waals surface area (Å²) in [4.78, 5) is 22.4. The molecule has 2 atom stereocenters. The smallest absolute Gasteiger partial charge is 0.457 e. The van der Waals surface area contributed by atoms with E-state index >= 15 is 0 Å². The van der Waals surface area contributed by atoms with Crippen LogP contribution in [0.1, 0.15) is 168 Å². The Kier molecular flexibility index (Phi) is 39.0. The molecule has 0 aromatic rings. The van der Waals surface area contributed by atoms with Crippen molar-refractivity contribution in [2.45, 2.75) is 174 Å². The van der Waals surface area contributed by atoms with Crippen molar-refractivity contribution < 1.29 is 32.8 Å². The predicted molar refractivity (Wildman–Crippen MR) is 219 cm³/mol. The molecule has 3 N–H and O–H groups in total. The summed E-state index contributed by atoms with van der Waals surface area (Å²) in [5.74, 6) is -0.411. The fraction of sp³-hybridized carbons (Fsp3) is 0.744. The van der Waals surface area contributed by atoms with Gasteiger partial charge in [0.2, 0.25) is 0 Å². The summed E-state index contributed by atoms with van der Waals surface area (Å²) >= 11 is 0. The van der Waals surface area contributed by atoms with Gasteiger partial charge in [0, 0.05) is 19.6 Å². The van der Waals surface area contributed by atoms with Crippen LogP contribution < -0.4 is 5.73 Å². The van der Waals surface area contributed by atoms with Crippen molar-refractivity contribution in [3.63, 3.8) is 0 Å². The molecule has 0 radical (unpaired) electrons. The molecule has 0 aromatic heterocycles. The minimum atomic E-state index is -4.29. The van der Waals surface area contributed by atoms with Gasteiger partial charge in [-0.05, 0) is 64.2 Å². The topological polar surface area (TPSA) is 117 Å². The van der Waals surface area contributed by atoms with Crippen molar-refractivity contribution in [3.8, 4) is 0 Å². The summed E-state index contributed by atoms with van der Waals surface area (Å²) in [5.41, 5.74) is 5.35. The molecule has 2 unspecified atom stereocenters. The summed E-state index contributed by atoms with van der Waals surface area (Å²) in [7, 11) is -4.29.